The molecule has 0 amide bonds. The van der Waals surface area contributed by atoms with Gasteiger partial charge in [0.1, 0.15) is 5.75 Å². The third kappa shape index (κ3) is 4.53. The summed E-state index contributed by atoms with van der Waals surface area (Å²) in [6.07, 6.45) is 10.7. The van der Waals surface area contributed by atoms with Crippen molar-refractivity contribution in [1.29, 1.82) is 0 Å². The Morgan fingerprint density at radius 2 is 1.19 bits per heavy atom. The molecule has 3 nitrogen and oxygen atoms in total. The molecule has 3 rings (SSSR count). The van der Waals surface area contributed by atoms with Crippen LogP contribution in [0.4, 0.5) is 13.2 Å². The number of alkyl halides is 3. The quantitative estimate of drug-likeness (QED) is 0.467. The van der Waals surface area contributed by atoms with Gasteiger partial charge < -0.3 is 4.18 Å². The van der Waals surface area contributed by atoms with Crippen LogP contribution in [0.1, 0.15) is 87.2 Å². The fourth-order valence-corrected chi connectivity index (χ4v) is 4.66. The number of rotatable bonds is 4. The Morgan fingerprint density at radius 3 is 1.58 bits per heavy atom. The topological polar surface area (TPSA) is 43.4 Å². The molecule has 0 radical (unpaired) electrons. The SMILES string of the molecule is O=S(=O)(Oc1cc(C2CCCCC2)cc(C2CCCCC2)c1)C(F)(F)F. The molecular formula is C19H25F3O3S. The molecule has 1 aromatic carbocycles. The minimum atomic E-state index is -5.65. The molecule has 0 atom stereocenters. The Hall–Kier alpha value is -1.24. The van der Waals surface area contributed by atoms with E-state index in [4.69, 9.17) is 0 Å². The summed E-state index contributed by atoms with van der Waals surface area (Å²) in [6, 6.07) is 5.05. The van der Waals surface area contributed by atoms with Crippen LogP contribution >= 0.6 is 0 Å². The van der Waals surface area contributed by atoms with Gasteiger partial charge in [-0.25, -0.2) is 0 Å². The smallest absolute Gasteiger partial charge is 0.376 e. The average Bonchev–Trinajstić information content (AvgIpc) is 2.61. The highest BCUT2D eigenvalue weighted by atomic mass is 32.2. The lowest BCUT2D eigenvalue weighted by Gasteiger charge is -2.26. The first-order valence-electron chi connectivity index (χ1n) is 9.42. The first-order valence-corrected chi connectivity index (χ1v) is 10.8. The molecule has 0 N–H and O–H groups in total. The van der Waals surface area contributed by atoms with E-state index in [1.54, 1.807) is 0 Å². The number of hydrogen-bond donors (Lipinski definition) is 0. The van der Waals surface area contributed by atoms with E-state index in [9.17, 15) is 21.6 Å². The summed E-state index contributed by atoms with van der Waals surface area (Å²) in [5, 5.41) is 0. The zero-order valence-electron chi connectivity index (χ0n) is 14.7. The summed E-state index contributed by atoms with van der Waals surface area (Å²) >= 11 is 0. The summed E-state index contributed by atoms with van der Waals surface area (Å²) in [6.45, 7) is 0. The van der Waals surface area contributed by atoms with Crippen molar-refractivity contribution in [3.63, 3.8) is 0 Å². The summed E-state index contributed by atoms with van der Waals surface area (Å²) in [7, 11) is -5.65. The van der Waals surface area contributed by atoms with E-state index in [1.807, 2.05) is 0 Å². The van der Waals surface area contributed by atoms with E-state index >= 15 is 0 Å². The summed E-state index contributed by atoms with van der Waals surface area (Å²) in [5.74, 6) is 0.331. The van der Waals surface area contributed by atoms with Gasteiger partial charge in [0.2, 0.25) is 0 Å². The predicted octanol–water partition coefficient (Wildman–Crippen LogP) is 6.01. The molecule has 0 spiro atoms. The molecule has 2 aliphatic rings. The van der Waals surface area contributed by atoms with Crippen molar-refractivity contribution in [1.82, 2.24) is 0 Å². The minimum absolute atomic E-state index is 0.203. The van der Waals surface area contributed by atoms with Crippen molar-refractivity contribution < 1.29 is 25.8 Å². The molecule has 0 heterocycles. The van der Waals surface area contributed by atoms with Crippen LogP contribution < -0.4 is 4.18 Å². The lowest BCUT2D eigenvalue weighted by atomic mass is 9.80. The van der Waals surface area contributed by atoms with Crippen LogP contribution in [-0.2, 0) is 10.1 Å². The van der Waals surface area contributed by atoms with Crippen molar-refractivity contribution in [3.8, 4) is 5.75 Å². The molecule has 26 heavy (non-hydrogen) atoms. The summed E-state index contributed by atoms with van der Waals surface area (Å²) < 4.78 is 65.5. The lowest BCUT2D eigenvalue weighted by Crippen LogP contribution is -2.28. The maximum atomic E-state index is 12.7. The van der Waals surface area contributed by atoms with Gasteiger partial charge in [0.05, 0.1) is 0 Å². The zero-order valence-corrected chi connectivity index (χ0v) is 15.5. The zero-order chi connectivity index (χ0) is 18.8. The molecule has 0 aromatic heterocycles. The Balaban J connectivity index is 1.94. The van der Waals surface area contributed by atoms with E-state index in [0.29, 0.717) is 0 Å². The van der Waals surface area contributed by atoms with E-state index < -0.39 is 15.6 Å². The molecule has 1 aromatic rings. The van der Waals surface area contributed by atoms with Crippen LogP contribution in [0.5, 0.6) is 5.75 Å². The maximum Gasteiger partial charge on any atom is 0.534 e. The molecule has 0 bridgehead atoms. The molecule has 2 saturated carbocycles. The Morgan fingerprint density at radius 1 is 0.769 bits per heavy atom. The van der Waals surface area contributed by atoms with E-state index in [2.05, 4.69) is 10.2 Å². The molecule has 2 aliphatic carbocycles. The highest BCUT2D eigenvalue weighted by molar-refractivity contribution is 7.88. The molecular weight excluding hydrogens is 365 g/mol. The van der Waals surface area contributed by atoms with Crippen molar-refractivity contribution in [2.75, 3.05) is 0 Å². The van der Waals surface area contributed by atoms with E-state index in [0.717, 1.165) is 62.5 Å². The van der Waals surface area contributed by atoms with Crippen molar-refractivity contribution >= 4 is 10.1 Å². The van der Waals surface area contributed by atoms with E-state index in [-0.39, 0.29) is 17.6 Å². The summed E-state index contributed by atoms with van der Waals surface area (Å²) in [4.78, 5) is 0. The van der Waals surface area contributed by atoms with Gasteiger partial charge in [-0.05, 0) is 60.8 Å². The normalized spacial score (nSPS) is 20.9. The molecule has 7 heteroatoms. The fraction of sp³-hybridized carbons (Fsp3) is 0.684. The lowest BCUT2D eigenvalue weighted by molar-refractivity contribution is -0.0500. The minimum Gasteiger partial charge on any atom is -0.376 e. The van der Waals surface area contributed by atoms with Crippen LogP contribution in [0.15, 0.2) is 18.2 Å². The Labute approximate surface area is 153 Å². The first-order chi connectivity index (χ1) is 12.3. The summed E-state index contributed by atoms with van der Waals surface area (Å²) in [5.41, 5.74) is -3.58. The maximum absolute atomic E-state index is 12.7. The fourth-order valence-electron chi connectivity index (χ4n) is 4.21. The van der Waals surface area contributed by atoms with Crippen molar-refractivity contribution in [3.05, 3.63) is 29.3 Å². The second-order valence-corrected chi connectivity index (χ2v) is 9.03. The second-order valence-electron chi connectivity index (χ2n) is 7.49. The van der Waals surface area contributed by atoms with Gasteiger partial charge in [-0.15, -0.1) is 0 Å². The average molecular weight is 390 g/mol. The second kappa shape index (κ2) is 7.79. The van der Waals surface area contributed by atoms with Gasteiger partial charge in [0.15, 0.2) is 0 Å². The number of hydrogen-bond acceptors (Lipinski definition) is 3. The molecule has 0 saturated heterocycles. The third-order valence-corrected chi connectivity index (χ3v) is 6.57. The van der Waals surface area contributed by atoms with Gasteiger partial charge >= 0.3 is 15.6 Å². The van der Waals surface area contributed by atoms with Gasteiger partial charge in [-0.1, -0.05) is 44.6 Å². The van der Waals surface area contributed by atoms with Crippen LogP contribution in [0.2, 0.25) is 0 Å². The highest BCUT2D eigenvalue weighted by Gasteiger charge is 2.48. The molecule has 146 valence electrons. The highest BCUT2D eigenvalue weighted by Crippen LogP contribution is 2.40. The van der Waals surface area contributed by atoms with Crippen LogP contribution in [0.3, 0.4) is 0 Å². The monoisotopic (exact) mass is 390 g/mol. The van der Waals surface area contributed by atoms with Gasteiger partial charge in [0, 0.05) is 0 Å². The largest absolute Gasteiger partial charge is 0.534 e. The van der Waals surface area contributed by atoms with Gasteiger partial charge in [0.25, 0.3) is 0 Å². The molecule has 0 aliphatic heterocycles. The molecule has 2 fully saturated rings. The number of benzene rings is 1. The first kappa shape index (κ1) is 19.5. The van der Waals surface area contributed by atoms with Crippen molar-refractivity contribution in [2.45, 2.75) is 81.6 Å². The van der Waals surface area contributed by atoms with Crippen LogP contribution in [-0.4, -0.2) is 13.9 Å². The van der Waals surface area contributed by atoms with Crippen LogP contribution in [0, 0.1) is 0 Å². The van der Waals surface area contributed by atoms with Crippen molar-refractivity contribution in [2.24, 2.45) is 0 Å². The van der Waals surface area contributed by atoms with E-state index in [1.165, 1.54) is 25.0 Å². The van der Waals surface area contributed by atoms with Gasteiger partial charge in [-0.3, -0.25) is 0 Å². The standard InChI is InChI=1S/C19H25F3O3S/c20-19(21,22)26(23,24)25-18-12-16(14-7-3-1-4-8-14)11-17(13-18)15-9-5-2-6-10-15/h11-15H,1-10H2. The predicted molar refractivity (Wildman–Crippen MR) is 93.7 cm³/mol. The number of halogens is 3. The Bertz CT molecular complexity index is 680. The van der Waals surface area contributed by atoms with Gasteiger partial charge in [-0.2, -0.15) is 21.6 Å². The Kier molecular flexibility index (Phi) is 5.85. The molecule has 0 unspecified atom stereocenters. The third-order valence-electron chi connectivity index (χ3n) is 5.59. The van der Waals surface area contributed by atoms with Crippen LogP contribution in [0.25, 0.3) is 0 Å².